The molecule has 4 nitrogen and oxygen atoms in total. The molecule has 4 rings (SSSR count). The molecule has 1 aromatic heterocycles. The number of carbonyl (C=O) groups excluding carboxylic acids is 1. The minimum atomic E-state index is -0.545. The summed E-state index contributed by atoms with van der Waals surface area (Å²) in [6.07, 6.45) is 0. The summed E-state index contributed by atoms with van der Waals surface area (Å²) >= 11 is 0. The molecule has 1 heterocycles. The molecule has 4 aromatic rings. The summed E-state index contributed by atoms with van der Waals surface area (Å²) in [7, 11) is 0. The van der Waals surface area contributed by atoms with E-state index in [4.69, 9.17) is 4.74 Å². The van der Waals surface area contributed by atoms with Crippen molar-refractivity contribution in [1.82, 2.24) is 4.98 Å². The highest BCUT2D eigenvalue weighted by Gasteiger charge is 2.12. The predicted octanol–water partition coefficient (Wildman–Crippen LogP) is 4.55. The van der Waals surface area contributed by atoms with Gasteiger partial charge in [-0.15, -0.1) is 0 Å². The highest BCUT2D eigenvalue weighted by molar-refractivity contribution is 5.95. The maximum atomic E-state index is 13.4. The van der Waals surface area contributed by atoms with E-state index in [1.54, 1.807) is 48.5 Å². The van der Waals surface area contributed by atoms with Gasteiger partial charge in [-0.05, 0) is 42.5 Å². The Morgan fingerprint density at radius 1 is 0.889 bits per heavy atom. The van der Waals surface area contributed by atoms with Gasteiger partial charge in [0.15, 0.2) is 5.43 Å². The maximum Gasteiger partial charge on any atom is 0.343 e. The summed E-state index contributed by atoms with van der Waals surface area (Å²) < 4.78 is 18.7. The molecule has 0 bridgehead atoms. The zero-order chi connectivity index (χ0) is 18.8. The van der Waals surface area contributed by atoms with Gasteiger partial charge in [-0.1, -0.05) is 30.3 Å². The SMILES string of the molecule is O=C(Oc1ccccc1)c1ccc2[nH]c(-c3cccc(F)c3)cc(=O)c2c1. The second kappa shape index (κ2) is 6.88. The molecule has 1 N–H and O–H groups in total. The number of aromatic nitrogens is 1. The minimum absolute atomic E-state index is 0.266. The number of hydrogen-bond acceptors (Lipinski definition) is 3. The Morgan fingerprint density at radius 3 is 2.48 bits per heavy atom. The molecule has 132 valence electrons. The van der Waals surface area contributed by atoms with E-state index in [0.717, 1.165) is 0 Å². The summed E-state index contributed by atoms with van der Waals surface area (Å²) in [6, 6.07) is 20.8. The van der Waals surface area contributed by atoms with Gasteiger partial charge in [-0.3, -0.25) is 4.79 Å². The van der Waals surface area contributed by atoms with Gasteiger partial charge in [0.05, 0.1) is 5.56 Å². The summed E-state index contributed by atoms with van der Waals surface area (Å²) in [5.74, 6) is -0.498. The Labute approximate surface area is 153 Å². The van der Waals surface area contributed by atoms with Crippen molar-refractivity contribution in [3.63, 3.8) is 0 Å². The Morgan fingerprint density at radius 2 is 1.70 bits per heavy atom. The third-order valence-corrected chi connectivity index (χ3v) is 4.15. The molecule has 0 fully saturated rings. The molecule has 5 heteroatoms. The lowest BCUT2D eigenvalue weighted by Gasteiger charge is -2.07. The van der Waals surface area contributed by atoms with Crippen LogP contribution in [0.2, 0.25) is 0 Å². The van der Waals surface area contributed by atoms with Crippen LogP contribution in [0.15, 0.2) is 83.7 Å². The van der Waals surface area contributed by atoms with Crippen LogP contribution in [0.5, 0.6) is 5.75 Å². The van der Waals surface area contributed by atoms with Crippen LogP contribution in [-0.2, 0) is 0 Å². The lowest BCUT2D eigenvalue weighted by atomic mass is 10.1. The van der Waals surface area contributed by atoms with Crippen LogP contribution in [-0.4, -0.2) is 11.0 Å². The maximum absolute atomic E-state index is 13.4. The molecule has 0 radical (unpaired) electrons. The number of fused-ring (bicyclic) bond motifs is 1. The number of carbonyl (C=O) groups is 1. The normalized spacial score (nSPS) is 10.7. The molecule has 0 saturated heterocycles. The average molecular weight is 359 g/mol. The monoisotopic (exact) mass is 359 g/mol. The number of H-pyrrole nitrogens is 1. The summed E-state index contributed by atoms with van der Waals surface area (Å²) in [4.78, 5) is 28.0. The molecular weight excluding hydrogens is 345 g/mol. The van der Waals surface area contributed by atoms with Crippen molar-refractivity contribution in [3.8, 4) is 17.0 Å². The molecule has 0 aliphatic rings. The number of hydrogen-bond donors (Lipinski definition) is 1. The van der Waals surface area contributed by atoms with Gasteiger partial charge in [0.25, 0.3) is 0 Å². The van der Waals surface area contributed by atoms with Crippen LogP contribution in [0.1, 0.15) is 10.4 Å². The summed E-state index contributed by atoms with van der Waals surface area (Å²) in [5, 5.41) is 0.359. The quantitative estimate of drug-likeness (QED) is 0.431. The Kier molecular flexibility index (Phi) is 4.26. The molecule has 27 heavy (non-hydrogen) atoms. The van der Waals surface area contributed by atoms with Crippen LogP contribution in [0.25, 0.3) is 22.2 Å². The van der Waals surface area contributed by atoms with Gasteiger partial charge in [-0.25, -0.2) is 9.18 Å². The minimum Gasteiger partial charge on any atom is -0.423 e. The third-order valence-electron chi connectivity index (χ3n) is 4.15. The van der Waals surface area contributed by atoms with Crippen molar-refractivity contribution < 1.29 is 13.9 Å². The van der Waals surface area contributed by atoms with E-state index in [1.165, 1.54) is 24.3 Å². The van der Waals surface area contributed by atoms with E-state index in [-0.39, 0.29) is 16.8 Å². The number of esters is 1. The van der Waals surface area contributed by atoms with Gasteiger partial charge < -0.3 is 9.72 Å². The number of para-hydroxylation sites is 1. The molecule has 0 amide bonds. The van der Waals surface area contributed by atoms with E-state index >= 15 is 0 Å². The number of rotatable bonds is 3. The topological polar surface area (TPSA) is 59.2 Å². The van der Waals surface area contributed by atoms with Crippen molar-refractivity contribution >= 4 is 16.9 Å². The van der Waals surface area contributed by atoms with Crippen LogP contribution in [0, 0.1) is 5.82 Å². The predicted molar refractivity (Wildman–Crippen MR) is 101 cm³/mol. The third kappa shape index (κ3) is 3.48. The van der Waals surface area contributed by atoms with Gasteiger partial charge >= 0.3 is 5.97 Å². The van der Waals surface area contributed by atoms with E-state index in [0.29, 0.717) is 27.9 Å². The second-order valence-electron chi connectivity index (χ2n) is 6.02. The van der Waals surface area contributed by atoms with Crippen LogP contribution in [0.3, 0.4) is 0 Å². The highest BCUT2D eigenvalue weighted by Crippen LogP contribution is 2.20. The first kappa shape index (κ1) is 16.7. The van der Waals surface area contributed by atoms with Crippen LogP contribution >= 0.6 is 0 Å². The van der Waals surface area contributed by atoms with Crippen molar-refractivity contribution in [3.05, 3.63) is 100 Å². The zero-order valence-corrected chi connectivity index (χ0v) is 14.1. The van der Waals surface area contributed by atoms with Gasteiger partial charge in [0.2, 0.25) is 0 Å². The molecule has 0 spiro atoms. The van der Waals surface area contributed by atoms with Gasteiger partial charge in [0.1, 0.15) is 11.6 Å². The summed E-state index contributed by atoms with van der Waals surface area (Å²) in [5.41, 5.74) is 1.64. The first-order valence-electron chi connectivity index (χ1n) is 8.30. The highest BCUT2D eigenvalue weighted by atomic mass is 19.1. The Balaban J connectivity index is 1.71. The number of ether oxygens (including phenoxy) is 1. The smallest absolute Gasteiger partial charge is 0.343 e. The fraction of sp³-hybridized carbons (Fsp3) is 0. The molecule has 0 aliphatic carbocycles. The molecule has 0 atom stereocenters. The molecule has 0 aliphatic heterocycles. The average Bonchev–Trinajstić information content (AvgIpc) is 2.68. The molecule has 0 unspecified atom stereocenters. The zero-order valence-electron chi connectivity index (χ0n) is 14.1. The van der Waals surface area contributed by atoms with Crippen LogP contribution < -0.4 is 10.2 Å². The lowest BCUT2D eigenvalue weighted by molar-refractivity contribution is 0.0735. The van der Waals surface area contributed by atoms with E-state index < -0.39 is 5.97 Å². The Bertz CT molecular complexity index is 1200. The van der Waals surface area contributed by atoms with Crippen molar-refractivity contribution in [1.29, 1.82) is 0 Å². The Hall–Kier alpha value is -3.73. The molecule has 3 aromatic carbocycles. The van der Waals surface area contributed by atoms with Crippen molar-refractivity contribution in [2.75, 3.05) is 0 Å². The van der Waals surface area contributed by atoms with Crippen molar-refractivity contribution in [2.24, 2.45) is 0 Å². The van der Waals surface area contributed by atoms with E-state index in [2.05, 4.69) is 4.98 Å². The molecule has 0 saturated carbocycles. The number of nitrogens with one attached hydrogen (secondary N) is 1. The fourth-order valence-electron chi connectivity index (χ4n) is 2.84. The van der Waals surface area contributed by atoms with Crippen molar-refractivity contribution in [2.45, 2.75) is 0 Å². The molecular formula is C22H14FNO3. The van der Waals surface area contributed by atoms with E-state index in [1.807, 2.05) is 6.07 Å². The number of aromatic amines is 1. The standard InChI is InChI=1S/C22H14FNO3/c23-16-6-4-5-14(11-16)20-13-21(25)18-12-15(9-10-19(18)24-20)22(26)27-17-7-2-1-3-8-17/h1-13H,(H,24,25). The van der Waals surface area contributed by atoms with Gasteiger partial charge in [-0.2, -0.15) is 0 Å². The first-order chi connectivity index (χ1) is 13.1. The summed E-state index contributed by atoms with van der Waals surface area (Å²) in [6.45, 7) is 0. The fourth-order valence-corrected chi connectivity index (χ4v) is 2.84. The first-order valence-corrected chi connectivity index (χ1v) is 8.30. The number of halogens is 1. The number of benzene rings is 3. The van der Waals surface area contributed by atoms with E-state index in [9.17, 15) is 14.0 Å². The lowest BCUT2D eigenvalue weighted by Crippen LogP contribution is -2.10. The van der Waals surface area contributed by atoms with Crippen LogP contribution in [0.4, 0.5) is 4.39 Å². The second-order valence-corrected chi connectivity index (χ2v) is 6.02. The number of pyridine rings is 1. The van der Waals surface area contributed by atoms with Gasteiger partial charge in [0, 0.05) is 28.2 Å². The largest absolute Gasteiger partial charge is 0.423 e.